The van der Waals surface area contributed by atoms with Crippen LogP contribution < -0.4 is 5.73 Å². The van der Waals surface area contributed by atoms with Gasteiger partial charge in [0.25, 0.3) is 5.91 Å². The van der Waals surface area contributed by atoms with E-state index in [1.807, 2.05) is 24.3 Å². The number of carbonyl (C=O) groups excluding carboxylic acids is 1. The van der Waals surface area contributed by atoms with Crippen molar-refractivity contribution < 1.29 is 9.90 Å². The maximum Gasteiger partial charge on any atom is 0.254 e. The van der Waals surface area contributed by atoms with Crippen LogP contribution in [0.25, 0.3) is 0 Å². The summed E-state index contributed by atoms with van der Waals surface area (Å²) < 4.78 is 0. The van der Waals surface area contributed by atoms with Crippen molar-refractivity contribution in [2.75, 3.05) is 7.05 Å². The molecule has 1 amide bonds. The molecule has 0 fully saturated rings. The molecule has 110 valence electrons. The molecule has 3 N–H and O–H groups in total. The van der Waals surface area contributed by atoms with Crippen molar-refractivity contribution in [3.8, 4) is 5.75 Å². The molecule has 0 saturated carbocycles. The van der Waals surface area contributed by atoms with Crippen LogP contribution in [0.3, 0.4) is 0 Å². The molecule has 2 aromatic carbocycles. The standard InChI is InChI=1S/C17H20N2O2/c1-12-6-7-15(9-16(12)20)17(21)19(2)11-14-5-3-4-13(8-14)10-18/h3-9,20H,10-11,18H2,1-2H3. The van der Waals surface area contributed by atoms with E-state index in [1.54, 1.807) is 31.0 Å². The highest BCUT2D eigenvalue weighted by Crippen LogP contribution is 2.19. The molecule has 0 aliphatic carbocycles. The van der Waals surface area contributed by atoms with E-state index in [1.165, 1.54) is 6.07 Å². The molecule has 4 nitrogen and oxygen atoms in total. The Morgan fingerprint density at radius 2 is 1.90 bits per heavy atom. The van der Waals surface area contributed by atoms with Gasteiger partial charge in [0.2, 0.25) is 0 Å². The molecule has 0 bridgehead atoms. The Labute approximate surface area is 124 Å². The number of hydrogen-bond acceptors (Lipinski definition) is 3. The smallest absolute Gasteiger partial charge is 0.254 e. The van der Waals surface area contributed by atoms with Gasteiger partial charge in [-0.1, -0.05) is 30.3 Å². The van der Waals surface area contributed by atoms with E-state index in [2.05, 4.69) is 0 Å². The average molecular weight is 284 g/mol. The average Bonchev–Trinajstić information content (AvgIpc) is 2.49. The first-order chi connectivity index (χ1) is 10.0. The summed E-state index contributed by atoms with van der Waals surface area (Å²) in [6.45, 7) is 2.78. The predicted octanol–water partition coefficient (Wildman–Crippen LogP) is 2.43. The zero-order valence-corrected chi connectivity index (χ0v) is 12.3. The highest BCUT2D eigenvalue weighted by molar-refractivity contribution is 5.94. The summed E-state index contributed by atoms with van der Waals surface area (Å²) in [4.78, 5) is 14.0. The van der Waals surface area contributed by atoms with Crippen LogP contribution in [0.5, 0.6) is 5.75 Å². The van der Waals surface area contributed by atoms with Gasteiger partial charge in [-0.2, -0.15) is 0 Å². The number of nitrogens with zero attached hydrogens (tertiary/aromatic N) is 1. The lowest BCUT2D eigenvalue weighted by Crippen LogP contribution is -2.26. The Balaban J connectivity index is 2.13. The minimum absolute atomic E-state index is 0.122. The summed E-state index contributed by atoms with van der Waals surface area (Å²) in [6, 6.07) is 12.8. The van der Waals surface area contributed by atoms with Gasteiger partial charge in [0.15, 0.2) is 0 Å². The molecule has 0 saturated heterocycles. The quantitative estimate of drug-likeness (QED) is 0.906. The molecule has 21 heavy (non-hydrogen) atoms. The lowest BCUT2D eigenvalue weighted by atomic mass is 10.1. The summed E-state index contributed by atoms with van der Waals surface area (Å²) in [5, 5.41) is 9.70. The molecule has 0 atom stereocenters. The summed E-state index contributed by atoms with van der Waals surface area (Å²) >= 11 is 0. The molecule has 0 unspecified atom stereocenters. The Morgan fingerprint density at radius 1 is 1.19 bits per heavy atom. The van der Waals surface area contributed by atoms with Crippen LogP contribution in [0, 0.1) is 6.92 Å². The summed E-state index contributed by atoms with van der Waals surface area (Å²) in [6.07, 6.45) is 0. The van der Waals surface area contributed by atoms with E-state index in [4.69, 9.17) is 5.73 Å². The number of aromatic hydroxyl groups is 1. The highest BCUT2D eigenvalue weighted by atomic mass is 16.3. The molecular weight excluding hydrogens is 264 g/mol. The van der Waals surface area contributed by atoms with E-state index in [9.17, 15) is 9.90 Å². The molecule has 0 heterocycles. The SMILES string of the molecule is Cc1ccc(C(=O)N(C)Cc2cccc(CN)c2)cc1O. The number of benzene rings is 2. The van der Waals surface area contributed by atoms with Crippen molar-refractivity contribution in [2.45, 2.75) is 20.0 Å². The third-order valence-electron chi connectivity index (χ3n) is 3.45. The second kappa shape index (κ2) is 6.41. The first-order valence-electron chi connectivity index (χ1n) is 6.84. The Hall–Kier alpha value is -2.33. The van der Waals surface area contributed by atoms with Gasteiger partial charge in [-0.05, 0) is 35.7 Å². The summed E-state index contributed by atoms with van der Waals surface area (Å²) in [5.74, 6) is 0.0165. The number of hydrogen-bond donors (Lipinski definition) is 2. The Bertz CT molecular complexity index is 653. The normalized spacial score (nSPS) is 10.4. The molecule has 0 radical (unpaired) electrons. The lowest BCUT2D eigenvalue weighted by molar-refractivity contribution is 0.0784. The highest BCUT2D eigenvalue weighted by Gasteiger charge is 2.13. The van der Waals surface area contributed by atoms with Gasteiger partial charge in [0.1, 0.15) is 5.75 Å². The number of phenols is 1. The monoisotopic (exact) mass is 284 g/mol. The van der Waals surface area contributed by atoms with Gasteiger partial charge in [-0.25, -0.2) is 0 Å². The van der Waals surface area contributed by atoms with Crippen LogP contribution in [0.2, 0.25) is 0 Å². The van der Waals surface area contributed by atoms with E-state index < -0.39 is 0 Å². The number of phenolic OH excluding ortho intramolecular Hbond substituents is 1. The number of aryl methyl sites for hydroxylation is 1. The topological polar surface area (TPSA) is 66.6 Å². The Morgan fingerprint density at radius 3 is 2.57 bits per heavy atom. The number of nitrogens with two attached hydrogens (primary N) is 1. The van der Waals surface area contributed by atoms with Gasteiger partial charge in [-0.3, -0.25) is 4.79 Å². The third kappa shape index (κ3) is 3.61. The fourth-order valence-corrected chi connectivity index (χ4v) is 2.16. The van der Waals surface area contributed by atoms with Crippen molar-refractivity contribution >= 4 is 5.91 Å². The zero-order valence-electron chi connectivity index (χ0n) is 12.3. The molecule has 0 aliphatic heterocycles. The van der Waals surface area contributed by atoms with Crippen LogP contribution >= 0.6 is 0 Å². The van der Waals surface area contributed by atoms with Crippen LogP contribution in [-0.2, 0) is 13.1 Å². The van der Waals surface area contributed by atoms with Crippen LogP contribution in [0.1, 0.15) is 27.0 Å². The number of carbonyl (C=O) groups is 1. The molecular formula is C17H20N2O2. The summed E-state index contributed by atoms with van der Waals surface area (Å²) in [5.41, 5.74) is 8.93. The minimum Gasteiger partial charge on any atom is -0.508 e. The van der Waals surface area contributed by atoms with Gasteiger partial charge >= 0.3 is 0 Å². The summed E-state index contributed by atoms with van der Waals surface area (Å²) in [7, 11) is 1.74. The second-order valence-corrected chi connectivity index (χ2v) is 5.19. The van der Waals surface area contributed by atoms with Gasteiger partial charge in [0, 0.05) is 25.7 Å². The van der Waals surface area contributed by atoms with Crippen molar-refractivity contribution in [2.24, 2.45) is 5.73 Å². The molecule has 2 rings (SSSR count). The van der Waals surface area contributed by atoms with Gasteiger partial charge in [-0.15, -0.1) is 0 Å². The second-order valence-electron chi connectivity index (χ2n) is 5.19. The van der Waals surface area contributed by atoms with Gasteiger partial charge in [0.05, 0.1) is 0 Å². The molecule has 0 aliphatic rings. The van der Waals surface area contributed by atoms with Crippen LogP contribution in [0.4, 0.5) is 0 Å². The third-order valence-corrected chi connectivity index (χ3v) is 3.45. The van der Waals surface area contributed by atoms with E-state index in [-0.39, 0.29) is 11.7 Å². The maximum atomic E-state index is 12.4. The molecule has 2 aromatic rings. The van der Waals surface area contributed by atoms with Crippen molar-refractivity contribution in [1.29, 1.82) is 0 Å². The van der Waals surface area contributed by atoms with Gasteiger partial charge < -0.3 is 15.7 Å². The number of rotatable bonds is 4. The van der Waals surface area contributed by atoms with E-state index in [0.29, 0.717) is 18.7 Å². The lowest BCUT2D eigenvalue weighted by Gasteiger charge is -2.18. The maximum absolute atomic E-state index is 12.4. The van der Waals surface area contributed by atoms with E-state index >= 15 is 0 Å². The first-order valence-corrected chi connectivity index (χ1v) is 6.84. The first kappa shape index (κ1) is 15.1. The Kier molecular flexibility index (Phi) is 4.60. The van der Waals surface area contributed by atoms with Crippen LogP contribution in [-0.4, -0.2) is 23.0 Å². The predicted molar refractivity (Wildman–Crippen MR) is 83.0 cm³/mol. The number of amides is 1. The van der Waals surface area contributed by atoms with Crippen molar-refractivity contribution in [3.63, 3.8) is 0 Å². The molecule has 0 spiro atoms. The largest absolute Gasteiger partial charge is 0.508 e. The van der Waals surface area contributed by atoms with Crippen LogP contribution in [0.15, 0.2) is 42.5 Å². The van der Waals surface area contributed by atoms with Crippen molar-refractivity contribution in [1.82, 2.24) is 4.90 Å². The van der Waals surface area contributed by atoms with Crippen molar-refractivity contribution in [3.05, 3.63) is 64.7 Å². The zero-order chi connectivity index (χ0) is 15.4. The minimum atomic E-state index is -0.122. The van der Waals surface area contributed by atoms with E-state index in [0.717, 1.165) is 16.7 Å². The fraction of sp³-hybridized carbons (Fsp3) is 0.235. The fourth-order valence-electron chi connectivity index (χ4n) is 2.16. The molecule has 4 heteroatoms. The molecule has 0 aromatic heterocycles.